The Balaban J connectivity index is 0. The summed E-state index contributed by atoms with van der Waals surface area (Å²) in [5, 5.41) is 35.8. The van der Waals surface area contributed by atoms with Crippen molar-refractivity contribution in [2.75, 3.05) is 13.2 Å². The third-order valence-electron chi connectivity index (χ3n) is 3.54. The highest BCUT2D eigenvalue weighted by Gasteiger charge is 2.24. The highest BCUT2D eigenvalue weighted by Crippen LogP contribution is 2.23. The molecule has 4 heteroatoms. The van der Waals surface area contributed by atoms with Crippen LogP contribution in [0.2, 0.25) is 0 Å². The van der Waals surface area contributed by atoms with Gasteiger partial charge in [0.25, 0.3) is 0 Å². The van der Waals surface area contributed by atoms with E-state index in [2.05, 4.69) is 0 Å². The molecule has 0 bridgehead atoms. The lowest BCUT2D eigenvalue weighted by molar-refractivity contribution is -0.00613. The van der Waals surface area contributed by atoms with Crippen molar-refractivity contribution < 1.29 is 20.4 Å². The van der Waals surface area contributed by atoms with E-state index in [4.69, 9.17) is 10.2 Å². The lowest BCUT2D eigenvalue weighted by Gasteiger charge is -2.27. The first-order chi connectivity index (χ1) is 8.74. The summed E-state index contributed by atoms with van der Waals surface area (Å²) >= 11 is 0. The van der Waals surface area contributed by atoms with E-state index in [1.54, 1.807) is 0 Å². The molecule has 2 atom stereocenters. The van der Waals surface area contributed by atoms with Crippen molar-refractivity contribution in [2.24, 2.45) is 0 Å². The Morgan fingerprint density at radius 2 is 1.00 bits per heavy atom. The van der Waals surface area contributed by atoms with Gasteiger partial charge >= 0.3 is 0 Å². The van der Waals surface area contributed by atoms with Crippen LogP contribution in [0.25, 0.3) is 0 Å². The molecule has 2 unspecified atom stereocenters. The quantitative estimate of drug-likeness (QED) is 0.488. The predicted molar refractivity (Wildman–Crippen MR) is 79.1 cm³/mol. The van der Waals surface area contributed by atoms with Crippen LogP contribution in [0.1, 0.15) is 72.6 Å². The zero-order chi connectivity index (χ0) is 15.4. The highest BCUT2D eigenvalue weighted by molar-refractivity contribution is 4.77. The van der Waals surface area contributed by atoms with Crippen LogP contribution in [0.3, 0.4) is 0 Å². The summed E-state index contributed by atoms with van der Waals surface area (Å²) in [5.74, 6) is 0. The van der Waals surface area contributed by atoms with Gasteiger partial charge in [0.15, 0.2) is 0 Å². The van der Waals surface area contributed by atoms with Gasteiger partial charge in [-0.3, -0.25) is 0 Å². The lowest BCUT2D eigenvalue weighted by Crippen LogP contribution is -2.30. The van der Waals surface area contributed by atoms with E-state index in [0.29, 0.717) is 12.8 Å². The largest absolute Gasteiger partial charge is 0.396 e. The second-order valence-corrected chi connectivity index (χ2v) is 5.71. The fourth-order valence-electron chi connectivity index (χ4n) is 1.29. The van der Waals surface area contributed by atoms with Crippen molar-refractivity contribution in [3.05, 3.63) is 0 Å². The van der Waals surface area contributed by atoms with Gasteiger partial charge in [-0.15, -0.1) is 0 Å². The van der Waals surface area contributed by atoms with Crippen molar-refractivity contribution in [3.8, 4) is 0 Å². The molecule has 0 amide bonds. The van der Waals surface area contributed by atoms with E-state index in [1.807, 2.05) is 27.7 Å². The number of hydrogen-bond donors (Lipinski definition) is 4. The molecule has 0 aromatic rings. The molecule has 0 aliphatic rings. The van der Waals surface area contributed by atoms with E-state index in [9.17, 15) is 10.2 Å². The number of hydrogen-bond acceptors (Lipinski definition) is 4. The van der Waals surface area contributed by atoms with Crippen molar-refractivity contribution in [2.45, 2.75) is 83.8 Å². The van der Waals surface area contributed by atoms with E-state index >= 15 is 0 Å². The summed E-state index contributed by atoms with van der Waals surface area (Å²) in [7, 11) is 0. The first-order valence-electron chi connectivity index (χ1n) is 7.41. The SMILES string of the molecule is CCC(C)(O)CCC(C)(O)CC.OCCCCCO. The molecule has 0 aromatic heterocycles. The molecule has 4 nitrogen and oxygen atoms in total. The molecule has 0 rings (SSSR count). The van der Waals surface area contributed by atoms with Gasteiger partial charge < -0.3 is 20.4 Å². The van der Waals surface area contributed by atoms with Gasteiger partial charge in [0.1, 0.15) is 0 Å². The highest BCUT2D eigenvalue weighted by atomic mass is 16.3. The van der Waals surface area contributed by atoms with Crippen molar-refractivity contribution in [1.82, 2.24) is 0 Å². The van der Waals surface area contributed by atoms with Crippen LogP contribution in [0.5, 0.6) is 0 Å². The molecule has 0 radical (unpaired) electrons. The Labute approximate surface area is 118 Å². The van der Waals surface area contributed by atoms with E-state index < -0.39 is 11.2 Å². The Morgan fingerprint density at radius 3 is 1.21 bits per heavy atom. The minimum Gasteiger partial charge on any atom is -0.396 e. The zero-order valence-electron chi connectivity index (χ0n) is 13.2. The minimum atomic E-state index is -0.612. The predicted octanol–water partition coefficient (Wildman–Crippen LogP) is 2.23. The second kappa shape index (κ2) is 11.6. The number of aliphatic hydroxyl groups excluding tert-OH is 2. The van der Waals surface area contributed by atoms with Crippen LogP contribution in [0, 0.1) is 0 Å². The lowest BCUT2D eigenvalue weighted by atomic mass is 9.89. The molecule has 0 aliphatic heterocycles. The Hall–Kier alpha value is -0.160. The minimum absolute atomic E-state index is 0.250. The topological polar surface area (TPSA) is 80.9 Å². The molecule has 118 valence electrons. The zero-order valence-corrected chi connectivity index (χ0v) is 13.2. The average molecular weight is 278 g/mol. The Bertz CT molecular complexity index is 171. The van der Waals surface area contributed by atoms with Gasteiger partial charge in [-0.1, -0.05) is 13.8 Å². The molecule has 0 heterocycles. The van der Waals surface area contributed by atoms with Gasteiger partial charge in [-0.2, -0.15) is 0 Å². The maximum atomic E-state index is 9.67. The Morgan fingerprint density at radius 1 is 0.684 bits per heavy atom. The van der Waals surface area contributed by atoms with E-state index in [0.717, 1.165) is 32.1 Å². The van der Waals surface area contributed by atoms with Gasteiger partial charge in [-0.25, -0.2) is 0 Å². The molecule has 0 aromatic carbocycles. The summed E-state index contributed by atoms with van der Waals surface area (Å²) in [5.41, 5.74) is -1.22. The molecule has 0 fully saturated rings. The summed E-state index contributed by atoms with van der Waals surface area (Å²) in [4.78, 5) is 0. The van der Waals surface area contributed by atoms with Crippen molar-refractivity contribution in [3.63, 3.8) is 0 Å². The third-order valence-corrected chi connectivity index (χ3v) is 3.54. The normalized spacial score (nSPS) is 17.1. The van der Waals surface area contributed by atoms with Gasteiger partial charge in [0.2, 0.25) is 0 Å². The molecular weight excluding hydrogens is 244 g/mol. The molecular formula is C15H34O4. The smallest absolute Gasteiger partial charge is 0.0618 e. The van der Waals surface area contributed by atoms with Crippen molar-refractivity contribution >= 4 is 0 Å². The fourth-order valence-corrected chi connectivity index (χ4v) is 1.29. The third kappa shape index (κ3) is 15.8. The number of aliphatic hydroxyl groups is 4. The summed E-state index contributed by atoms with van der Waals surface area (Å²) < 4.78 is 0. The first-order valence-corrected chi connectivity index (χ1v) is 7.41. The maximum Gasteiger partial charge on any atom is 0.0618 e. The molecule has 4 N–H and O–H groups in total. The number of rotatable bonds is 9. The van der Waals surface area contributed by atoms with Crippen LogP contribution in [0.15, 0.2) is 0 Å². The summed E-state index contributed by atoms with van der Waals surface area (Å²) in [6, 6.07) is 0. The Kier molecular flexibility index (Phi) is 13.0. The van der Waals surface area contributed by atoms with Crippen LogP contribution in [-0.2, 0) is 0 Å². The fraction of sp³-hybridized carbons (Fsp3) is 1.00. The summed E-state index contributed by atoms with van der Waals surface area (Å²) in [6.45, 7) is 8.05. The standard InChI is InChI=1S/C10H22O2.C5H12O2/c1-5-9(3,11)7-8-10(4,12)6-2;6-4-2-1-3-5-7/h11-12H,5-8H2,1-4H3;6-7H,1-5H2. The van der Waals surface area contributed by atoms with Crippen molar-refractivity contribution in [1.29, 1.82) is 0 Å². The molecule has 0 saturated heterocycles. The monoisotopic (exact) mass is 278 g/mol. The molecule has 0 aliphatic carbocycles. The first kappa shape index (κ1) is 21.1. The van der Waals surface area contributed by atoms with Crippen LogP contribution < -0.4 is 0 Å². The van der Waals surface area contributed by atoms with Crippen LogP contribution >= 0.6 is 0 Å². The summed E-state index contributed by atoms with van der Waals surface area (Å²) in [6.07, 6.45) is 5.41. The van der Waals surface area contributed by atoms with Crippen LogP contribution in [0.4, 0.5) is 0 Å². The van der Waals surface area contributed by atoms with Gasteiger partial charge in [-0.05, 0) is 58.8 Å². The van der Waals surface area contributed by atoms with E-state index in [-0.39, 0.29) is 13.2 Å². The second-order valence-electron chi connectivity index (χ2n) is 5.71. The van der Waals surface area contributed by atoms with E-state index in [1.165, 1.54) is 0 Å². The average Bonchev–Trinajstić information content (AvgIpc) is 2.38. The maximum absolute atomic E-state index is 9.67. The number of unbranched alkanes of at least 4 members (excludes halogenated alkanes) is 2. The molecule has 19 heavy (non-hydrogen) atoms. The molecule has 0 spiro atoms. The van der Waals surface area contributed by atoms with Crippen LogP contribution in [-0.4, -0.2) is 44.8 Å². The molecule has 0 saturated carbocycles. The van der Waals surface area contributed by atoms with Gasteiger partial charge in [0, 0.05) is 13.2 Å². The van der Waals surface area contributed by atoms with Gasteiger partial charge in [0.05, 0.1) is 11.2 Å².